The van der Waals surface area contributed by atoms with Crippen molar-refractivity contribution in [2.45, 2.75) is 6.92 Å². The van der Waals surface area contributed by atoms with Crippen LogP contribution in [-0.2, 0) is 9.53 Å². The highest BCUT2D eigenvalue weighted by Gasteiger charge is 2.19. The van der Waals surface area contributed by atoms with Gasteiger partial charge in [-0.3, -0.25) is 14.4 Å². The Balaban J connectivity index is 1.67. The van der Waals surface area contributed by atoms with Crippen LogP contribution in [0.1, 0.15) is 43.6 Å². The molecule has 6 nitrogen and oxygen atoms in total. The first-order chi connectivity index (χ1) is 14.5. The summed E-state index contributed by atoms with van der Waals surface area (Å²) in [4.78, 5) is 48.8. The fourth-order valence-corrected chi connectivity index (χ4v) is 2.83. The van der Waals surface area contributed by atoms with Crippen LogP contribution in [0.4, 0.5) is 5.69 Å². The predicted molar refractivity (Wildman–Crippen MR) is 112 cm³/mol. The number of carbonyl (C=O) groups excluding carboxylic acids is 4. The Bertz CT molecular complexity index is 1110. The van der Waals surface area contributed by atoms with Gasteiger partial charge in [0.1, 0.15) is 0 Å². The fourth-order valence-electron chi connectivity index (χ4n) is 2.83. The molecule has 0 aromatic heterocycles. The van der Waals surface area contributed by atoms with Gasteiger partial charge in [0.05, 0.1) is 5.56 Å². The molecule has 0 saturated carbocycles. The average Bonchev–Trinajstić information content (AvgIpc) is 2.77. The first-order valence-electron chi connectivity index (χ1n) is 9.22. The summed E-state index contributed by atoms with van der Waals surface area (Å²) in [6, 6.07) is 21.3. The number of esters is 1. The van der Waals surface area contributed by atoms with E-state index in [0.29, 0.717) is 16.8 Å². The van der Waals surface area contributed by atoms with Gasteiger partial charge in [0.25, 0.3) is 5.91 Å². The van der Waals surface area contributed by atoms with Crippen molar-refractivity contribution in [3.8, 4) is 0 Å². The molecule has 0 unspecified atom stereocenters. The summed E-state index contributed by atoms with van der Waals surface area (Å²) in [6.45, 7) is 0.897. The molecule has 6 heteroatoms. The zero-order chi connectivity index (χ0) is 21.5. The van der Waals surface area contributed by atoms with E-state index in [2.05, 4.69) is 5.32 Å². The molecule has 0 saturated heterocycles. The maximum atomic E-state index is 12.7. The second-order valence-corrected chi connectivity index (χ2v) is 6.50. The topological polar surface area (TPSA) is 89.5 Å². The van der Waals surface area contributed by atoms with Crippen molar-refractivity contribution in [3.63, 3.8) is 0 Å². The first kappa shape index (κ1) is 20.7. The van der Waals surface area contributed by atoms with E-state index < -0.39 is 18.5 Å². The molecule has 0 atom stereocenters. The van der Waals surface area contributed by atoms with Gasteiger partial charge in [0.2, 0.25) is 0 Å². The highest BCUT2D eigenvalue weighted by atomic mass is 16.5. The number of carbonyl (C=O) groups is 4. The second kappa shape index (κ2) is 9.43. The summed E-state index contributed by atoms with van der Waals surface area (Å²) < 4.78 is 5.10. The van der Waals surface area contributed by atoms with Crippen molar-refractivity contribution in [1.82, 2.24) is 0 Å². The van der Waals surface area contributed by atoms with Crippen molar-refractivity contribution in [2.24, 2.45) is 0 Å². The monoisotopic (exact) mass is 401 g/mol. The zero-order valence-electron chi connectivity index (χ0n) is 16.3. The van der Waals surface area contributed by atoms with E-state index in [0.717, 1.165) is 0 Å². The van der Waals surface area contributed by atoms with Crippen LogP contribution in [0.25, 0.3) is 0 Å². The molecule has 3 aromatic rings. The quantitative estimate of drug-likeness (QED) is 0.479. The lowest BCUT2D eigenvalue weighted by molar-refractivity contribution is -0.119. The maximum Gasteiger partial charge on any atom is 0.339 e. The van der Waals surface area contributed by atoms with Crippen LogP contribution in [-0.4, -0.2) is 30.0 Å². The smallest absolute Gasteiger partial charge is 0.339 e. The molecular weight excluding hydrogens is 382 g/mol. The van der Waals surface area contributed by atoms with Gasteiger partial charge in [-0.1, -0.05) is 60.7 Å². The van der Waals surface area contributed by atoms with Crippen LogP contribution in [0.2, 0.25) is 0 Å². The standard InChI is InChI=1S/C24H19NO5/c1-16(26)18-10-7-11-19(14-18)25-22(27)15-30-24(29)21-13-6-5-12-20(21)23(28)17-8-3-2-4-9-17/h2-14H,15H2,1H3,(H,25,27). The normalized spacial score (nSPS) is 10.2. The number of benzene rings is 3. The van der Waals surface area contributed by atoms with E-state index in [1.165, 1.54) is 19.1 Å². The average molecular weight is 401 g/mol. The van der Waals surface area contributed by atoms with Crippen LogP contribution in [0.5, 0.6) is 0 Å². The molecule has 0 aliphatic carbocycles. The second-order valence-electron chi connectivity index (χ2n) is 6.50. The van der Waals surface area contributed by atoms with Crippen molar-refractivity contribution in [2.75, 3.05) is 11.9 Å². The lowest BCUT2D eigenvalue weighted by atomic mass is 9.98. The zero-order valence-corrected chi connectivity index (χ0v) is 16.3. The lowest BCUT2D eigenvalue weighted by Gasteiger charge is -2.10. The van der Waals surface area contributed by atoms with Gasteiger partial charge in [-0.25, -0.2) is 4.79 Å². The number of amides is 1. The molecule has 1 N–H and O–H groups in total. The SMILES string of the molecule is CC(=O)c1cccc(NC(=O)COC(=O)c2ccccc2C(=O)c2ccccc2)c1. The minimum Gasteiger partial charge on any atom is -0.452 e. The number of anilines is 1. The van der Waals surface area contributed by atoms with Crippen molar-refractivity contribution < 1.29 is 23.9 Å². The molecule has 30 heavy (non-hydrogen) atoms. The highest BCUT2D eigenvalue weighted by Crippen LogP contribution is 2.16. The number of ketones is 2. The number of hydrogen-bond acceptors (Lipinski definition) is 5. The molecule has 0 spiro atoms. The minimum absolute atomic E-state index is 0.0812. The first-order valence-corrected chi connectivity index (χ1v) is 9.22. The summed E-state index contributed by atoms with van der Waals surface area (Å²) in [5.41, 5.74) is 1.60. The Morgan fingerprint density at radius 1 is 0.767 bits per heavy atom. The molecule has 0 radical (unpaired) electrons. The summed E-state index contributed by atoms with van der Waals surface area (Å²) in [6.07, 6.45) is 0. The van der Waals surface area contributed by atoms with Gasteiger partial charge in [-0.05, 0) is 25.1 Å². The number of rotatable bonds is 7. The summed E-state index contributed by atoms with van der Waals surface area (Å²) in [5.74, 6) is -1.77. The van der Waals surface area contributed by atoms with Crippen molar-refractivity contribution in [1.29, 1.82) is 0 Å². The summed E-state index contributed by atoms with van der Waals surface area (Å²) in [5, 5.41) is 2.57. The largest absolute Gasteiger partial charge is 0.452 e. The van der Waals surface area contributed by atoms with Gasteiger partial charge < -0.3 is 10.1 Å². The van der Waals surface area contributed by atoms with Crippen molar-refractivity contribution in [3.05, 3.63) is 101 Å². The molecule has 3 rings (SSSR count). The molecule has 0 fully saturated rings. The predicted octanol–water partition coefficient (Wildman–Crippen LogP) is 3.92. The number of nitrogens with one attached hydrogen (secondary N) is 1. The Hall–Kier alpha value is -4.06. The van der Waals surface area contributed by atoms with Crippen LogP contribution in [0, 0.1) is 0 Å². The van der Waals surface area contributed by atoms with E-state index in [-0.39, 0.29) is 22.7 Å². The van der Waals surface area contributed by atoms with Gasteiger partial charge >= 0.3 is 5.97 Å². The van der Waals surface area contributed by atoms with Gasteiger partial charge in [0, 0.05) is 22.4 Å². The summed E-state index contributed by atoms with van der Waals surface area (Å²) in [7, 11) is 0. The Kier molecular flexibility index (Phi) is 6.49. The Morgan fingerprint density at radius 2 is 1.40 bits per heavy atom. The van der Waals surface area contributed by atoms with E-state index in [1.807, 2.05) is 0 Å². The maximum absolute atomic E-state index is 12.7. The van der Waals surface area contributed by atoms with Gasteiger partial charge in [-0.2, -0.15) is 0 Å². The number of hydrogen-bond donors (Lipinski definition) is 1. The molecule has 150 valence electrons. The third kappa shape index (κ3) is 5.05. The third-order valence-electron chi connectivity index (χ3n) is 4.31. The number of ether oxygens (including phenoxy) is 1. The van der Waals surface area contributed by atoms with E-state index >= 15 is 0 Å². The molecule has 0 aliphatic rings. The molecule has 0 heterocycles. The Morgan fingerprint density at radius 3 is 2.10 bits per heavy atom. The van der Waals surface area contributed by atoms with E-state index in [1.54, 1.807) is 66.7 Å². The van der Waals surface area contributed by atoms with Crippen LogP contribution in [0.15, 0.2) is 78.9 Å². The summed E-state index contributed by atoms with van der Waals surface area (Å²) >= 11 is 0. The van der Waals surface area contributed by atoms with E-state index in [4.69, 9.17) is 4.74 Å². The molecule has 3 aromatic carbocycles. The number of Topliss-reactive ketones (excluding diaryl/α,β-unsaturated/α-hetero) is 1. The molecule has 0 aliphatic heterocycles. The van der Waals surface area contributed by atoms with Crippen LogP contribution < -0.4 is 5.32 Å². The van der Waals surface area contributed by atoms with Gasteiger partial charge in [-0.15, -0.1) is 0 Å². The van der Waals surface area contributed by atoms with Crippen molar-refractivity contribution >= 4 is 29.1 Å². The van der Waals surface area contributed by atoms with Gasteiger partial charge in [0.15, 0.2) is 18.2 Å². The molecule has 0 bridgehead atoms. The lowest BCUT2D eigenvalue weighted by Crippen LogP contribution is -2.22. The Labute approximate surface area is 173 Å². The minimum atomic E-state index is -0.775. The van der Waals surface area contributed by atoms with Crippen LogP contribution >= 0.6 is 0 Å². The molecular formula is C24H19NO5. The molecule has 1 amide bonds. The highest BCUT2D eigenvalue weighted by molar-refractivity contribution is 6.14. The van der Waals surface area contributed by atoms with Crippen LogP contribution in [0.3, 0.4) is 0 Å². The fraction of sp³-hybridized carbons (Fsp3) is 0.0833. The third-order valence-corrected chi connectivity index (χ3v) is 4.31. The van der Waals surface area contributed by atoms with E-state index in [9.17, 15) is 19.2 Å².